The molecule has 4 aromatic rings. The summed E-state index contributed by atoms with van der Waals surface area (Å²) in [7, 11) is 0. The zero-order chi connectivity index (χ0) is 18.5. The van der Waals surface area contributed by atoms with Crippen molar-refractivity contribution in [1.29, 1.82) is 0 Å². The van der Waals surface area contributed by atoms with Gasteiger partial charge in [-0.2, -0.15) is 9.67 Å². The molecule has 1 amide bonds. The van der Waals surface area contributed by atoms with Crippen LogP contribution in [0.2, 0.25) is 0 Å². The van der Waals surface area contributed by atoms with Gasteiger partial charge < -0.3 is 5.32 Å². The average molecular weight is 355 g/mol. The monoisotopic (exact) mass is 355 g/mol. The summed E-state index contributed by atoms with van der Waals surface area (Å²) in [5.41, 5.74) is 2.26. The van der Waals surface area contributed by atoms with Crippen LogP contribution in [0.5, 0.6) is 0 Å². The van der Waals surface area contributed by atoms with Crippen LogP contribution < -0.4 is 10.6 Å². The lowest BCUT2D eigenvalue weighted by Crippen LogP contribution is -2.13. The molecule has 6 heteroatoms. The number of amides is 1. The van der Waals surface area contributed by atoms with Crippen molar-refractivity contribution in [2.45, 2.75) is 0 Å². The Morgan fingerprint density at radius 1 is 0.778 bits per heavy atom. The molecule has 2 N–H and O–H groups in total. The van der Waals surface area contributed by atoms with E-state index in [1.807, 2.05) is 78.9 Å². The molecule has 6 nitrogen and oxygen atoms in total. The number of nitrogens with zero attached hydrogens (tertiary/aromatic N) is 3. The largest absolute Gasteiger partial charge is 0.324 e. The molecule has 0 atom stereocenters. The van der Waals surface area contributed by atoms with Gasteiger partial charge in [-0.15, -0.1) is 5.10 Å². The Labute approximate surface area is 156 Å². The molecule has 0 spiro atoms. The maximum absolute atomic E-state index is 12.4. The lowest BCUT2D eigenvalue weighted by Gasteiger charge is -2.07. The van der Waals surface area contributed by atoms with E-state index in [1.165, 1.54) is 0 Å². The van der Waals surface area contributed by atoms with Crippen molar-refractivity contribution in [2.24, 2.45) is 0 Å². The standard InChI is InChI=1S/C21H17N5O/c27-19(16-10-4-1-5-11-16)23-20-24-21(22-17-12-6-2-7-13-17)26(25-20)18-14-8-3-9-15-18/h1-15H,(H2,22,23,24,25,27). The van der Waals surface area contributed by atoms with E-state index in [2.05, 4.69) is 20.7 Å². The van der Waals surface area contributed by atoms with Gasteiger partial charge in [0.25, 0.3) is 11.9 Å². The Balaban J connectivity index is 1.66. The Hall–Kier alpha value is -3.93. The highest BCUT2D eigenvalue weighted by molar-refractivity contribution is 6.03. The molecule has 0 radical (unpaired) electrons. The van der Waals surface area contributed by atoms with Gasteiger partial charge in [-0.3, -0.25) is 10.1 Å². The molecule has 0 aliphatic carbocycles. The van der Waals surface area contributed by atoms with Crippen molar-refractivity contribution in [2.75, 3.05) is 10.6 Å². The minimum absolute atomic E-state index is 0.228. The SMILES string of the molecule is O=C(Nc1nc(Nc2ccccc2)n(-c2ccccc2)n1)c1ccccc1. The molecular formula is C21H17N5O. The fourth-order valence-corrected chi connectivity index (χ4v) is 2.61. The van der Waals surface area contributed by atoms with Gasteiger partial charge in [0.1, 0.15) is 0 Å². The minimum Gasteiger partial charge on any atom is -0.324 e. The molecule has 27 heavy (non-hydrogen) atoms. The van der Waals surface area contributed by atoms with Crippen LogP contribution in [0.4, 0.5) is 17.6 Å². The average Bonchev–Trinajstić information content (AvgIpc) is 3.12. The second-order valence-electron chi connectivity index (χ2n) is 5.82. The van der Waals surface area contributed by atoms with Gasteiger partial charge >= 0.3 is 0 Å². The summed E-state index contributed by atoms with van der Waals surface area (Å²) in [6.07, 6.45) is 0. The smallest absolute Gasteiger partial charge is 0.258 e. The van der Waals surface area contributed by atoms with Crippen molar-refractivity contribution in [1.82, 2.24) is 14.8 Å². The first kappa shape index (κ1) is 16.5. The first-order valence-electron chi connectivity index (χ1n) is 8.50. The molecule has 0 aliphatic heterocycles. The van der Waals surface area contributed by atoms with E-state index in [0.717, 1.165) is 11.4 Å². The zero-order valence-electron chi connectivity index (χ0n) is 14.4. The van der Waals surface area contributed by atoms with E-state index in [1.54, 1.807) is 16.8 Å². The van der Waals surface area contributed by atoms with E-state index in [9.17, 15) is 4.79 Å². The maximum atomic E-state index is 12.4. The van der Waals surface area contributed by atoms with Crippen molar-refractivity contribution < 1.29 is 4.79 Å². The summed E-state index contributed by atoms with van der Waals surface area (Å²) in [6, 6.07) is 28.3. The summed E-state index contributed by atoms with van der Waals surface area (Å²) >= 11 is 0. The number of para-hydroxylation sites is 2. The third-order valence-corrected chi connectivity index (χ3v) is 3.90. The number of carbonyl (C=O) groups excluding carboxylic acids is 1. The zero-order valence-corrected chi connectivity index (χ0v) is 14.4. The number of aromatic nitrogens is 3. The van der Waals surface area contributed by atoms with Gasteiger partial charge in [-0.25, -0.2) is 0 Å². The van der Waals surface area contributed by atoms with E-state index in [-0.39, 0.29) is 11.9 Å². The third-order valence-electron chi connectivity index (χ3n) is 3.90. The van der Waals surface area contributed by atoms with E-state index >= 15 is 0 Å². The molecule has 0 saturated heterocycles. The van der Waals surface area contributed by atoms with Crippen molar-refractivity contribution in [3.8, 4) is 5.69 Å². The van der Waals surface area contributed by atoms with Crippen LogP contribution in [0.15, 0.2) is 91.0 Å². The van der Waals surface area contributed by atoms with Crippen LogP contribution in [0, 0.1) is 0 Å². The molecule has 132 valence electrons. The molecule has 1 heterocycles. The number of carbonyl (C=O) groups is 1. The quantitative estimate of drug-likeness (QED) is 0.561. The predicted octanol–water partition coefficient (Wildman–Crippen LogP) is 4.26. The van der Waals surface area contributed by atoms with Crippen LogP contribution in [0.1, 0.15) is 10.4 Å². The van der Waals surface area contributed by atoms with Gasteiger partial charge in [0.15, 0.2) is 0 Å². The number of hydrogen-bond acceptors (Lipinski definition) is 4. The molecule has 4 rings (SSSR count). The van der Waals surface area contributed by atoms with Crippen LogP contribution >= 0.6 is 0 Å². The first-order valence-corrected chi connectivity index (χ1v) is 8.50. The molecule has 0 unspecified atom stereocenters. The molecular weight excluding hydrogens is 338 g/mol. The van der Waals surface area contributed by atoms with E-state index < -0.39 is 0 Å². The molecule has 0 fully saturated rings. The first-order chi connectivity index (χ1) is 13.3. The Morgan fingerprint density at radius 2 is 1.37 bits per heavy atom. The van der Waals surface area contributed by atoms with E-state index in [4.69, 9.17) is 0 Å². The summed E-state index contributed by atoms with van der Waals surface area (Å²) in [6.45, 7) is 0. The predicted molar refractivity (Wildman–Crippen MR) is 105 cm³/mol. The molecule has 0 saturated carbocycles. The number of benzene rings is 3. The Bertz CT molecular complexity index is 1030. The highest BCUT2D eigenvalue weighted by Crippen LogP contribution is 2.20. The van der Waals surface area contributed by atoms with Crippen LogP contribution in [-0.4, -0.2) is 20.7 Å². The second-order valence-corrected chi connectivity index (χ2v) is 5.82. The number of anilines is 3. The fraction of sp³-hybridized carbons (Fsp3) is 0. The molecule has 0 bridgehead atoms. The summed E-state index contributed by atoms with van der Waals surface area (Å²) < 4.78 is 1.66. The topological polar surface area (TPSA) is 71.8 Å². The van der Waals surface area contributed by atoms with Crippen molar-refractivity contribution in [3.63, 3.8) is 0 Å². The Morgan fingerprint density at radius 3 is 2.04 bits per heavy atom. The van der Waals surface area contributed by atoms with E-state index in [0.29, 0.717) is 11.5 Å². The lowest BCUT2D eigenvalue weighted by molar-refractivity contribution is 0.102. The normalized spacial score (nSPS) is 10.4. The number of rotatable bonds is 5. The number of nitrogens with one attached hydrogen (secondary N) is 2. The molecule has 3 aromatic carbocycles. The van der Waals surface area contributed by atoms with Gasteiger partial charge in [0.2, 0.25) is 5.95 Å². The fourth-order valence-electron chi connectivity index (χ4n) is 2.61. The van der Waals surface area contributed by atoms with Crippen LogP contribution in [0.3, 0.4) is 0 Å². The van der Waals surface area contributed by atoms with Gasteiger partial charge in [-0.1, -0.05) is 54.6 Å². The summed E-state index contributed by atoms with van der Waals surface area (Å²) in [5, 5.41) is 10.4. The van der Waals surface area contributed by atoms with Crippen molar-refractivity contribution in [3.05, 3.63) is 96.6 Å². The second kappa shape index (κ2) is 7.53. The lowest BCUT2D eigenvalue weighted by atomic mass is 10.2. The van der Waals surface area contributed by atoms with Gasteiger partial charge in [0.05, 0.1) is 5.69 Å². The van der Waals surface area contributed by atoms with Crippen molar-refractivity contribution >= 4 is 23.5 Å². The third kappa shape index (κ3) is 3.85. The highest BCUT2D eigenvalue weighted by atomic mass is 16.1. The van der Waals surface area contributed by atoms with Crippen LogP contribution in [0.25, 0.3) is 5.69 Å². The highest BCUT2D eigenvalue weighted by Gasteiger charge is 2.14. The summed E-state index contributed by atoms with van der Waals surface area (Å²) in [4.78, 5) is 16.9. The minimum atomic E-state index is -0.257. The van der Waals surface area contributed by atoms with Gasteiger partial charge in [-0.05, 0) is 36.4 Å². The molecule has 1 aromatic heterocycles. The van der Waals surface area contributed by atoms with Crippen LogP contribution in [-0.2, 0) is 0 Å². The summed E-state index contributed by atoms with van der Waals surface area (Å²) in [5.74, 6) is 0.481. The number of hydrogen-bond donors (Lipinski definition) is 2. The maximum Gasteiger partial charge on any atom is 0.258 e. The molecule has 0 aliphatic rings. The van der Waals surface area contributed by atoms with Gasteiger partial charge in [0, 0.05) is 11.3 Å². The Kier molecular flexibility index (Phi) is 4.61.